The van der Waals surface area contributed by atoms with E-state index in [2.05, 4.69) is 101 Å². The molecule has 0 aliphatic rings. The van der Waals surface area contributed by atoms with Crippen molar-refractivity contribution in [3.05, 3.63) is 83.2 Å². The zero-order valence-corrected chi connectivity index (χ0v) is 20.4. The Morgan fingerprint density at radius 1 is 0.594 bits per heavy atom. The van der Waals surface area contributed by atoms with Crippen LogP contribution < -0.4 is 0 Å². The third-order valence-corrected chi connectivity index (χ3v) is 6.90. The van der Waals surface area contributed by atoms with Crippen molar-refractivity contribution in [2.45, 2.75) is 78.1 Å². The first-order chi connectivity index (χ1) is 15.3. The summed E-state index contributed by atoms with van der Waals surface area (Å²) in [6.07, 6.45) is 4.29. The maximum Gasteiger partial charge on any atom is 0.0708 e. The van der Waals surface area contributed by atoms with Crippen LogP contribution in [0, 0.1) is 0 Å². The Morgan fingerprint density at radius 3 is 2.00 bits per heavy atom. The smallest absolute Gasteiger partial charge is 0.0708 e. The Kier molecular flexibility index (Phi) is 6.60. The number of fused-ring (bicyclic) bond motifs is 2. The van der Waals surface area contributed by atoms with Crippen LogP contribution in [0.15, 0.2) is 60.8 Å². The normalized spacial score (nSPS) is 13.9. The minimum absolute atomic E-state index is 0.444. The molecular formula is C30H36N2. The molecule has 2 unspecified atom stereocenters. The van der Waals surface area contributed by atoms with E-state index in [1.54, 1.807) is 0 Å². The van der Waals surface area contributed by atoms with E-state index >= 15 is 0 Å². The molecule has 0 aliphatic carbocycles. The quantitative estimate of drug-likeness (QED) is 0.296. The summed E-state index contributed by atoms with van der Waals surface area (Å²) in [5.74, 6) is 1.98. The van der Waals surface area contributed by atoms with Gasteiger partial charge in [0.15, 0.2) is 0 Å². The summed E-state index contributed by atoms with van der Waals surface area (Å²) in [6.45, 7) is 13.6. The molecule has 0 saturated heterocycles. The van der Waals surface area contributed by atoms with E-state index in [1.807, 2.05) is 6.20 Å². The van der Waals surface area contributed by atoms with Crippen LogP contribution >= 0.6 is 0 Å². The maximum absolute atomic E-state index is 5.03. The second-order valence-electron chi connectivity index (χ2n) is 10.1. The fraction of sp³-hybridized carbons (Fsp3) is 0.400. The molecule has 0 fully saturated rings. The number of nitrogens with zero attached hydrogens (tertiary/aromatic N) is 2. The van der Waals surface area contributed by atoms with Crippen LogP contribution in [0.2, 0.25) is 0 Å². The summed E-state index contributed by atoms with van der Waals surface area (Å²) in [6, 6.07) is 20.2. The molecule has 2 nitrogen and oxygen atoms in total. The lowest BCUT2D eigenvalue weighted by Crippen LogP contribution is -2.02. The van der Waals surface area contributed by atoms with Gasteiger partial charge in [-0.3, -0.25) is 9.97 Å². The first kappa shape index (κ1) is 22.5. The Morgan fingerprint density at radius 2 is 1.25 bits per heavy atom. The molecule has 0 aliphatic heterocycles. The van der Waals surface area contributed by atoms with E-state index in [-0.39, 0.29) is 0 Å². The number of hydrogen-bond donors (Lipinski definition) is 0. The molecule has 0 amide bonds. The lowest BCUT2D eigenvalue weighted by molar-refractivity contribution is 0.567. The minimum atomic E-state index is 0.444. The van der Waals surface area contributed by atoms with Gasteiger partial charge in [-0.25, -0.2) is 0 Å². The highest BCUT2D eigenvalue weighted by Gasteiger charge is 2.13. The first-order valence-electron chi connectivity index (χ1n) is 12.1. The highest BCUT2D eigenvalue weighted by Crippen LogP contribution is 2.30. The van der Waals surface area contributed by atoms with Crippen molar-refractivity contribution < 1.29 is 0 Å². The number of rotatable bonds is 7. The zero-order valence-electron chi connectivity index (χ0n) is 20.4. The van der Waals surface area contributed by atoms with E-state index < -0.39 is 0 Å². The van der Waals surface area contributed by atoms with Crippen LogP contribution in [0.3, 0.4) is 0 Å². The standard InChI is InChI=1S/C30H36N2/c1-19(2)24-10-9-23-11-13-28(32-30(23)17-24)22(6)8-7-21(5)25-12-14-29-26(15-25)16-27(18-31-29)20(3)4/h9-22H,7-8H2,1-6H3. The molecule has 2 heterocycles. The number of hydrogen-bond acceptors (Lipinski definition) is 2. The summed E-state index contributed by atoms with van der Waals surface area (Å²) < 4.78 is 0. The number of benzene rings is 2. The van der Waals surface area contributed by atoms with Crippen molar-refractivity contribution in [3.63, 3.8) is 0 Å². The van der Waals surface area contributed by atoms with Gasteiger partial charge < -0.3 is 0 Å². The molecule has 0 N–H and O–H groups in total. The van der Waals surface area contributed by atoms with Gasteiger partial charge in [0.1, 0.15) is 0 Å². The van der Waals surface area contributed by atoms with E-state index in [1.165, 1.54) is 33.2 Å². The second kappa shape index (κ2) is 9.40. The Bertz CT molecular complexity index is 1120. The van der Waals surface area contributed by atoms with Crippen molar-refractivity contribution in [3.8, 4) is 0 Å². The molecule has 4 rings (SSSR count). The van der Waals surface area contributed by atoms with E-state index in [0.717, 1.165) is 23.9 Å². The van der Waals surface area contributed by atoms with E-state index in [9.17, 15) is 0 Å². The summed E-state index contributed by atoms with van der Waals surface area (Å²) in [5.41, 5.74) is 7.47. The van der Waals surface area contributed by atoms with Gasteiger partial charge in [-0.05, 0) is 83.5 Å². The fourth-order valence-corrected chi connectivity index (χ4v) is 4.39. The van der Waals surface area contributed by atoms with Gasteiger partial charge in [0.25, 0.3) is 0 Å². The van der Waals surface area contributed by atoms with Crippen molar-refractivity contribution in [1.82, 2.24) is 9.97 Å². The first-order valence-corrected chi connectivity index (χ1v) is 12.1. The Balaban J connectivity index is 1.47. The largest absolute Gasteiger partial charge is 0.256 e. The van der Waals surface area contributed by atoms with E-state index in [4.69, 9.17) is 4.98 Å². The van der Waals surface area contributed by atoms with Crippen LogP contribution in [-0.4, -0.2) is 9.97 Å². The molecule has 0 spiro atoms. The van der Waals surface area contributed by atoms with E-state index in [0.29, 0.717) is 23.7 Å². The number of aromatic nitrogens is 2. The molecule has 32 heavy (non-hydrogen) atoms. The van der Waals surface area contributed by atoms with Crippen LogP contribution in [0.5, 0.6) is 0 Å². The predicted octanol–water partition coefficient (Wildman–Crippen LogP) is 8.72. The summed E-state index contributed by atoms with van der Waals surface area (Å²) >= 11 is 0. The van der Waals surface area contributed by atoms with Crippen molar-refractivity contribution in [1.29, 1.82) is 0 Å². The molecule has 0 saturated carbocycles. The predicted molar refractivity (Wildman–Crippen MR) is 138 cm³/mol. The summed E-state index contributed by atoms with van der Waals surface area (Å²) in [5, 5.41) is 2.48. The third-order valence-electron chi connectivity index (χ3n) is 6.90. The molecule has 2 atom stereocenters. The highest BCUT2D eigenvalue weighted by molar-refractivity contribution is 5.80. The summed E-state index contributed by atoms with van der Waals surface area (Å²) in [4.78, 5) is 9.68. The van der Waals surface area contributed by atoms with Crippen molar-refractivity contribution in [2.24, 2.45) is 0 Å². The Hall–Kier alpha value is -2.74. The average molecular weight is 425 g/mol. The molecule has 2 aromatic heterocycles. The molecule has 166 valence electrons. The van der Waals surface area contributed by atoms with Crippen LogP contribution in [-0.2, 0) is 0 Å². The van der Waals surface area contributed by atoms with Gasteiger partial charge >= 0.3 is 0 Å². The molecule has 4 aromatic rings. The fourth-order valence-electron chi connectivity index (χ4n) is 4.39. The van der Waals surface area contributed by atoms with Gasteiger partial charge in [-0.2, -0.15) is 0 Å². The van der Waals surface area contributed by atoms with Gasteiger partial charge in [-0.15, -0.1) is 0 Å². The lowest BCUT2D eigenvalue weighted by atomic mass is 9.90. The summed E-state index contributed by atoms with van der Waals surface area (Å²) in [7, 11) is 0. The Labute approximate surface area is 193 Å². The van der Waals surface area contributed by atoms with Gasteiger partial charge in [0.05, 0.1) is 11.0 Å². The van der Waals surface area contributed by atoms with Crippen molar-refractivity contribution >= 4 is 21.8 Å². The number of pyridine rings is 2. The average Bonchev–Trinajstić information content (AvgIpc) is 2.80. The van der Waals surface area contributed by atoms with Crippen molar-refractivity contribution in [2.75, 3.05) is 0 Å². The molecule has 2 aromatic carbocycles. The molecule has 0 bridgehead atoms. The van der Waals surface area contributed by atoms with Crippen LogP contribution in [0.1, 0.15) is 100 Å². The maximum atomic E-state index is 5.03. The third kappa shape index (κ3) is 4.85. The second-order valence-corrected chi connectivity index (χ2v) is 10.1. The van der Waals surface area contributed by atoms with Crippen LogP contribution in [0.4, 0.5) is 0 Å². The van der Waals surface area contributed by atoms with Gasteiger partial charge in [0.2, 0.25) is 0 Å². The topological polar surface area (TPSA) is 25.8 Å². The van der Waals surface area contributed by atoms with Gasteiger partial charge in [-0.1, -0.05) is 65.8 Å². The zero-order chi connectivity index (χ0) is 22.8. The minimum Gasteiger partial charge on any atom is -0.256 e. The highest BCUT2D eigenvalue weighted by atomic mass is 14.7. The lowest BCUT2D eigenvalue weighted by Gasteiger charge is -2.17. The van der Waals surface area contributed by atoms with Crippen LogP contribution in [0.25, 0.3) is 21.8 Å². The van der Waals surface area contributed by atoms with Gasteiger partial charge in [0, 0.05) is 22.7 Å². The SMILES string of the molecule is CC(C)c1cnc2ccc(C(C)CCC(C)c3ccc4ccc(C(C)C)cc4n3)cc2c1. The molecule has 2 heteroatoms. The molecular weight excluding hydrogens is 388 g/mol. The monoisotopic (exact) mass is 424 g/mol. The molecule has 0 radical (unpaired) electrons.